The van der Waals surface area contributed by atoms with Gasteiger partial charge >= 0.3 is 0 Å². The van der Waals surface area contributed by atoms with Gasteiger partial charge in [0, 0.05) is 21.3 Å². The molecular weight excluding hydrogens is 256 g/mol. The van der Waals surface area contributed by atoms with Gasteiger partial charge in [-0.1, -0.05) is 0 Å². The maximum atomic E-state index is 9.62. The van der Waals surface area contributed by atoms with Crippen molar-refractivity contribution in [2.45, 2.75) is 37.0 Å². The van der Waals surface area contributed by atoms with Crippen molar-refractivity contribution in [1.82, 2.24) is 0 Å². The third-order valence-corrected chi connectivity index (χ3v) is 7.35. The minimum atomic E-state index is -2.38. The Kier molecular flexibility index (Phi) is 8.62. The highest BCUT2D eigenvalue weighted by atomic mass is 28.3. The van der Waals surface area contributed by atoms with Crippen LogP contribution in [0.2, 0.25) is 18.1 Å². The molecule has 0 aliphatic rings. The Labute approximate surface area is 109 Å². The number of aliphatic hydroxyl groups is 3. The molecule has 0 aromatic heterocycles. The minimum absolute atomic E-state index is 0.313. The smallest absolute Gasteiger partial charge is 0.152 e. The van der Waals surface area contributed by atoms with Crippen LogP contribution in [0.15, 0.2) is 12.3 Å². The second-order valence-corrected chi connectivity index (χ2v) is 8.61. The van der Waals surface area contributed by atoms with Crippen LogP contribution in [-0.2, 0) is 14.2 Å². The molecule has 3 N–H and O–H groups in total. The van der Waals surface area contributed by atoms with Gasteiger partial charge in [-0.15, -0.1) is 12.3 Å². The second-order valence-electron chi connectivity index (χ2n) is 4.25. The summed E-state index contributed by atoms with van der Waals surface area (Å²) in [7, 11) is 1.80. The number of aliphatic hydroxyl groups excluding tert-OH is 3. The average molecular weight is 280 g/mol. The maximum Gasteiger partial charge on any atom is 0.152 e. The highest BCUT2D eigenvalue weighted by molar-refractivity contribution is 6.84. The van der Waals surface area contributed by atoms with Crippen LogP contribution in [0.25, 0.3) is 0 Å². The highest BCUT2D eigenvalue weighted by Crippen LogP contribution is 2.28. The predicted molar refractivity (Wildman–Crippen MR) is 69.4 cm³/mol. The molecule has 0 rings (SSSR count). The molecule has 0 aliphatic heterocycles. The van der Waals surface area contributed by atoms with Crippen molar-refractivity contribution in [3.05, 3.63) is 12.3 Å². The molecule has 7 heteroatoms. The quantitative estimate of drug-likeness (QED) is 0.387. The lowest BCUT2D eigenvalue weighted by Gasteiger charge is -2.32. The van der Waals surface area contributed by atoms with Crippen LogP contribution >= 0.6 is 0 Å². The van der Waals surface area contributed by atoms with Crippen molar-refractivity contribution in [2.24, 2.45) is 0 Å². The molecule has 0 heterocycles. The van der Waals surface area contributed by atoms with Gasteiger partial charge in [0.1, 0.15) is 0 Å². The third kappa shape index (κ3) is 6.05. The molecule has 3 unspecified atom stereocenters. The summed E-state index contributed by atoms with van der Waals surface area (Å²) in [6.45, 7) is 3.76. The Morgan fingerprint density at radius 3 is 1.33 bits per heavy atom. The van der Waals surface area contributed by atoms with E-state index in [1.54, 1.807) is 5.70 Å². The maximum absolute atomic E-state index is 9.62. The summed E-state index contributed by atoms with van der Waals surface area (Å²) in [5.41, 5.74) is 1.71. The standard InChI is InChI=1S/C11H24O6Si/c1-5-18(6-9(12)15-2,7-10(13)16-3)8-11(14)17-4/h5,9-14H,1,6-8H2,2-4H3. The summed E-state index contributed by atoms with van der Waals surface area (Å²) in [5.74, 6) is 0. The first-order valence-corrected chi connectivity index (χ1v) is 8.39. The predicted octanol–water partition coefficient (Wildman–Crippen LogP) is 0.0548. The largest absolute Gasteiger partial charge is 0.368 e. The second kappa shape index (κ2) is 8.76. The van der Waals surface area contributed by atoms with Crippen LogP contribution in [0.5, 0.6) is 0 Å². The van der Waals surface area contributed by atoms with Crippen LogP contribution < -0.4 is 0 Å². The van der Waals surface area contributed by atoms with Crippen molar-refractivity contribution in [3.63, 3.8) is 0 Å². The zero-order chi connectivity index (χ0) is 14.2. The van der Waals surface area contributed by atoms with Crippen LogP contribution in [0.1, 0.15) is 0 Å². The molecule has 0 fully saturated rings. The lowest BCUT2D eigenvalue weighted by Crippen LogP contribution is -2.43. The SMILES string of the molecule is C=C[Si](CC(O)OC)(CC(O)OC)CC(O)OC. The number of ether oxygens (including phenoxy) is 3. The zero-order valence-corrected chi connectivity index (χ0v) is 12.2. The molecule has 0 aromatic rings. The summed E-state index contributed by atoms with van der Waals surface area (Å²) < 4.78 is 14.5. The van der Waals surface area contributed by atoms with Crippen molar-refractivity contribution in [1.29, 1.82) is 0 Å². The molecule has 0 aliphatic carbocycles. The van der Waals surface area contributed by atoms with Crippen LogP contribution in [-0.4, -0.2) is 63.6 Å². The fraction of sp³-hybridized carbons (Fsp3) is 0.818. The summed E-state index contributed by atoms with van der Waals surface area (Å²) in [6.07, 6.45) is -2.87. The zero-order valence-electron chi connectivity index (χ0n) is 11.2. The van der Waals surface area contributed by atoms with E-state index in [-0.39, 0.29) is 0 Å². The molecule has 0 saturated heterocycles. The van der Waals surface area contributed by atoms with Gasteiger partial charge in [0.2, 0.25) is 0 Å². The Bertz CT molecular complexity index is 206. The number of methoxy groups -OCH3 is 3. The van der Waals surface area contributed by atoms with E-state index in [1.807, 2.05) is 0 Å². The number of rotatable bonds is 10. The highest BCUT2D eigenvalue weighted by Gasteiger charge is 2.37. The summed E-state index contributed by atoms with van der Waals surface area (Å²) in [4.78, 5) is 0. The van der Waals surface area contributed by atoms with Gasteiger partial charge in [-0.3, -0.25) is 0 Å². The molecule has 108 valence electrons. The lowest BCUT2D eigenvalue weighted by atomic mass is 10.7. The van der Waals surface area contributed by atoms with Crippen LogP contribution in [0, 0.1) is 0 Å². The number of hydrogen-bond acceptors (Lipinski definition) is 6. The molecule has 3 atom stereocenters. The van der Waals surface area contributed by atoms with Gasteiger partial charge in [0.05, 0.1) is 8.07 Å². The van der Waals surface area contributed by atoms with Crippen molar-refractivity contribution in [3.8, 4) is 0 Å². The van der Waals surface area contributed by atoms with Crippen molar-refractivity contribution >= 4 is 8.07 Å². The molecular formula is C11H24O6Si. The molecule has 6 nitrogen and oxygen atoms in total. The Morgan fingerprint density at radius 1 is 0.889 bits per heavy atom. The van der Waals surface area contributed by atoms with E-state index in [4.69, 9.17) is 14.2 Å². The first kappa shape index (κ1) is 17.7. The minimum Gasteiger partial charge on any atom is -0.368 e. The normalized spacial score (nSPS) is 19.9. The van der Waals surface area contributed by atoms with E-state index < -0.39 is 26.9 Å². The lowest BCUT2D eigenvalue weighted by molar-refractivity contribution is -0.0721. The van der Waals surface area contributed by atoms with E-state index >= 15 is 0 Å². The fourth-order valence-corrected chi connectivity index (χ4v) is 5.38. The van der Waals surface area contributed by atoms with Gasteiger partial charge in [-0.05, 0) is 18.1 Å². The van der Waals surface area contributed by atoms with Gasteiger partial charge in [0.25, 0.3) is 0 Å². The monoisotopic (exact) mass is 280 g/mol. The summed E-state index contributed by atoms with van der Waals surface area (Å²) in [5, 5.41) is 28.8. The van der Waals surface area contributed by atoms with Crippen LogP contribution in [0.4, 0.5) is 0 Å². The molecule has 0 saturated carbocycles. The van der Waals surface area contributed by atoms with E-state index in [1.165, 1.54) is 21.3 Å². The van der Waals surface area contributed by atoms with E-state index in [0.29, 0.717) is 18.1 Å². The van der Waals surface area contributed by atoms with Gasteiger partial charge in [0.15, 0.2) is 18.9 Å². The summed E-state index contributed by atoms with van der Waals surface area (Å²) >= 11 is 0. The molecule has 0 radical (unpaired) electrons. The molecule has 0 aromatic carbocycles. The number of hydrogen-bond donors (Lipinski definition) is 3. The van der Waals surface area contributed by atoms with E-state index in [9.17, 15) is 15.3 Å². The van der Waals surface area contributed by atoms with E-state index in [0.717, 1.165) is 0 Å². The molecule has 18 heavy (non-hydrogen) atoms. The van der Waals surface area contributed by atoms with Gasteiger partial charge < -0.3 is 29.5 Å². The Balaban J connectivity index is 4.87. The van der Waals surface area contributed by atoms with Gasteiger partial charge in [-0.25, -0.2) is 0 Å². The van der Waals surface area contributed by atoms with Crippen molar-refractivity contribution < 1.29 is 29.5 Å². The molecule has 0 bridgehead atoms. The fourth-order valence-electron chi connectivity index (χ4n) is 1.79. The van der Waals surface area contributed by atoms with Crippen LogP contribution in [0.3, 0.4) is 0 Å². The average Bonchev–Trinajstić information content (AvgIpc) is 2.37. The first-order valence-electron chi connectivity index (χ1n) is 5.69. The Hall–Kier alpha value is -0.283. The topological polar surface area (TPSA) is 88.4 Å². The Morgan fingerprint density at radius 2 is 1.17 bits per heavy atom. The summed E-state index contributed by atoms with van der Waals surface area (Å²) in [6, 6.07) is 0.940. The van der Waals surface area contributed by atoms with Gasteiger partial charge in [-0.2, -0.15) is 0 Å². The third-order valence-electron chi connectivity index (χ3n) is 2.99. The molecule has 0 spiro atoms. The van der Waals surface area contributed by atoms with Crippen molar-refractivity contribution in [2.75, 3.05) is 21.3 Å². The van der Waals surface area contributed by atoms with E-state index in [2.05, 4.69) is 6.58 Å². The first-order chi connectivity index (χ1) is 8.42. The molecule has 0 amide bonds.